The van der Waals surface area contributed by atoms with Crippen molar-refractivity contribution in [2.75, 3.05) is 5.32 Å². The summed E-state index contributed by atoms with van der Waals surface area (Å²) in [4.78, 5) is 9.40. The first-order valence-corrected chi connectivity index (χ1v) is 7.85. The van der Waals surface area contributed by atoms with Gasteiger partial charge in [-0.15, -0.1) is 0 Å². The summed E-state index contributed by atoms with van der Waals surface area (Å²) >= 11 is 5.63. The minimum absolute atomic E-state index is 0.354. The maximum absolute atomic E-state index is 11.3. The van der Waals surface area contributed by atoms with Crippen molar-refractivity contribution in [3.63, 3.8) is 0 Å². The number of anilines is 1. The highest BCUT2D eigenvalue weighted by Crippen LogP contribution is 2.30. The Labute approximate surface area is 113 Å². The molecule has 7 N–H and O–H groups in total. The molecule has 0 aliphatic carbocycles. The van der Waals surface area contributed by atoms with E-state index in [0.29, 0.717) is 6.07 Å². The van der Waals surface area contributed by atoms with Gasteiger partial charge >= 0.3 is 6.03 Å². The lowest BCUT2D eigenvalue weighted by molar-refractivity contribution is 0.259. The number of hydrogen-bond donors (Lipinski definition) is 4. The van der Waals surface area contributed by atoms with Gasteiger partial charge in [0.1, 0.15) is 9.79 Å². The van der Waals surface area contributed by atoms with Crippen molar-refractivity contribution in [3.8, 4) is 0 Å². The van der Waals surface area contributed by atoms with Gasteiger partial charge in [-0.3, -0.25) is 0 Å². The van der Waals surface area contributed by atoms with E-state index in [2.05, 4.69) is 0 Å². The molecule has 106 valence electrons. The fourth-order valence-corrected chi connectivity index (χ4v) is 3.09. The summed E-state index contributed by atoms with van der Waals surface area (Å²) in [5, 5.41) is 11.3. The molecule has 9 nitrogen and oxygen atoms in total. The summed E-state index contributed by atoms with van der Waals surface area (Å²) in [7, 11) is -8.58. The first-order chi connectivity index (χ1) is 8.43. The van der Waals surface area contributed by atoms with E-state index in [0.717, 1.165) is 6.07 Å². The van der Waals surface area contributed by atoms with Gasteiger partial charge in [0.25, 0.3) is 0 Å². The summed E-state index contributed by atoms with van der Waals surface area (Å²) in [6, 6.07) is 0.425. The average molecular weight is 329 g/mol. The second-order valence-corrected chi connectivity index (χ2v) is 6.82. The van der Waals surface area contributed by atoms with Crippen molar-refractivity contribution < 1.29 is 21.6 Å². The van der Waals surface area contributed by atoms with E-state index >= 15 is 0 Å². The standard InChI is InChI=1S/C7H9ClN4O5S2/c8-3-1-4(12-7(9)13)6(19(11,16)17)2-5(3)18(10,14)15/h1-2H,(H3,9,12,13)(H2,10,14,15)(H2,11,16,17). The third-order valence-electron chi connectivity index (χ3n) is 1.91. The molecule has 0 aliphatic heterocycles. The predicted octanol–water partition coefficient (Wildman–Crippen LogP) is -0.875. The Morgan fingerprint density at radius 1 is 1.05 bits per heavy atom. The van der Waals surface area contributed by atoms with Crippen LogP contribution in [0, 0.1) is 0 Å². The first-order valence-electron chi connectivity index (χ1n) is 4.38. The highest BCUT2D eigenvalue weighted by Gasteiger charge is 2.22. The first kappa shape index (κ1) is 15.7. The number of hydrogen-bond acceptors (Lipinski definition) is 5. The highest BCUT2D eigenvalue weighted by atomic mass is 35.5. The number of primary amides is 1. The van der Waals surface area contributed by atoms with Crippen LogP contribution < -0.4 is 21.3 Å². The number of primary sulfonamides is 2. The van der Waals surface area contributed by atoms with Gasteiger partial charge in [-0.25, -0.2) is 31.9 Å². The summed E-state index contributed by atoms with van der Waals surface area (Å²) < 4.78 is 45.1. The Morgan fingerprint density at radius 3 is 1.89 bits per heavy atom. The van der Waals surface area contributed by atoms with Crippen molar-refractivity contribution in [2.24, 2.45) is 16.0 Å². The third kappa shape index (κ3) is 3.78. The molecule has 0 aromatic heterocycles. The molecular formula is C7H9ClN4O5S2. The highest BCUT2D eigenvalue weighted by molar-refractivity contribution is 7.90. The fraction of sp³-hybridized carbons (Fsp3) is 0. The Kier molecular flexibility index (Phi) is 4.07. The van der Waals surface area contributed by atoms with Gasteiger partial charge in [0.05, 0.1) is 10.7 Å². The molecule has 0 saturated carbocycles. The summed E-state index contributed by atoms with van der Waals surface area (Å²) in [6.45, 7) is 0. The van der Waals surface area contributed by atoms with Crippen molar-refractivity contribution in [1.82, 2.24) is 0 Å². The molecule has 1 aromatic rings. The van der Waals surface area contributed by atoms with Gasteiger partial charge in [-0.1, -0.05) is 11.6 Å². The zero-order valence-corrected chi connectivity index (χ0v) is 11.5. The van der Waals surface area contributed by atoms with Gasteiger partial charge in [-0.2, -0.15) is 0 Å². The minimum atomic E-state index is -4.33. The lowest BCUT2D eigenvalue weighted by atomic mass is 10.3. The van der Waals surface area contributed by atoms with Crippen molar-refractivity contribution in [3.05, 3.63) is 17.2 Å². The Hall–Kier alpha value is -1.40. The Balaban J connectivity index is 3.70. The maximum Gasteiger partial charge on any atom is 0.316 e. The second kappa shape index (κ2) is 4.94. The van der Waals surface area contributed by atoms with E-state index in [4.69, 9.17) is 27.6 Å². The molecule has 2 amide bonds. The number of carbonyl (C=O) groups excluding carboxylic acids is 1. The lowest BCUT2D eigenvalue weighted by Gasteiger charge is -2.11. The predicted molar refractivity (Wildman–Crippen MR) is 67.4 cm³/mol. The zero-order chi connectivity index (χ0) is 15.0. The number of carbonyl (C=O) groups is 1. The number of amides is 2. The quantitative estimate of drug-likeness (QED) is 0.562. The Morgan fingerprint density at radius 2 is 1.53 bits per heavy atom. The van der Waals surface area contributed by atoms with E-state index in [-0.39, 0.29) is 5.69 Å². The van der Waals surface area contributed by atoms with Crippen molar-refractivity contribution >= 4 is 43.4 Å². The molecule has 1 rings (SSSR count). The summed E-state index contributed by atoms with van der Waals surface area (Å²) in [6.07, 6.45) is 0. The number of benzene rings is 1. The smallest absolute Gasteiger partial charge is 0.316 e. The maximum atomic E-state index is 11.3. The zero-order valence-electron chi connectivity index (χ0n) is 9.12. The molecular weight excluding hydrogens is 320 g/mol. The number of urea groups is 1. The van der Waals surface area contributed by atoms with Gasteiger partial charge in [0, 0.05) is 0 Å². The van der Waals surface area contributed by atoms with E-state index in [1.807, 2.05) is 5.32 Å². The van der Waals surface area contributed by atoms with Crippen LogP contribution in [0.5, 0.6) is 0 Å². The monoisotopic (exact) mass is 328 g/mol. The van der Waals surface area contributed by atoms with Gasteiger partial charge in [0.15, 0.2) is 0 Å². The molecule has 0 bridgehead atoms. The molecule has 1 aromatic carbocycles. The topological polar surface area (TPSA) is 175 Å². The normalized spacial score (nSPS) is 12.2. The van der Waals surface area contributed by atoms with Crippen LogP contribution in [0.15, 0.2) is 21.9 Å². The van der Waals surface area contributed by atoms with E-state index in [1.165, 1.54) is 0 Å². The molecule has 0 unspecified atom stereocenters. The van der Waals surface area contributed by atoms with Crippen LogP contribution in [-0.4, -0.2) is 22.9 Å². The lowest BCUT2D eigenvalue weighted by Crippen LogP contribution is -2.23. The number of halogens is 1. The summed E-state index contributed by atoms with van der Waals surface area (Å²) in [5.74, 6) is 0. The number of nitrogens with one attached hydrogen (secondary N) is 1. The molecule has 0 aliphatic rings. The van der Waals surface area contributed by atoms with Crippen molar-refractivity contribution in [1.29, 1.82) is 0 Å². The van der Waals surface area contributed by atoms with E-state index < -0.39 is 40.9 Å². The molecule has 0 heterocycles. The average Bonchev–Trinajstić information content (AvgIpc) is 2.11. The number of nitrogens with two attached hydrogens (primary N) is 3. The second-order valence-electron chi connectivity index (χ2n) is 3.36. The molecule has 0 radical (unpaired) electrons. The van der Waals surface area contributed by atoms with Gasteiger partial charge in [0.2, 0.25) is 20.0 Å². The SMILES string of the molecule is NC(=O)Nc1cc(Cl)c(S(N)(=O)=O)cc1S(N)(=O)=O. The van der Waals surface area contributed by atoms with Crippen molar-refractivity contribution in [2.45, 2.75) is 9.79 Å². The van der Waals surface area contributed by atoms with Crippen LogP contribution in [0.3, 0.4) is 0 Å². The molecule has 0 saturated heterocycles. The van der Waals surface area contributed by atoms with Crippen LogP contribution >= 0.6 is 11.6 Å². The van der Waals surface area contributed by atoms with Crippen LogP contribution in [0.4, 0.5) is 10.5 Å². The molecule has 0 spiro atoms. The van der Waals surface area contributed by atoms with Gasteiger partial charge in [-0.05, 0) is 12.1 Å². The minimum Gasteiger partial charge on any atom is -0.351 e. The molecule has 0 fully saturated rings. The largest absolute Gasteiger partial charge is 0.351 e. The summed E-state index contributed by atoms with van der Waals surface area (Å²) in [5.41, 5.74) is 4.48. The fourth-order valence-electron chi connectivity index (χ4n) is 1.22. The third-order valence-corrected chi connectivity index (χ3v) is 4.23. The molecule has 0 atom stereocenters. The number of rotatable bonds is 3. The van der Waals surface area contributed by atoms with Crippen LogP contribution in [-0.2, 0) is 20.0 Å². The Bertz CT molecular complexity index is 743. The van der Waals surface area contributed by atoms with Crippen LogP contribution in [0.25, 0.3) is 0 Å². The molecule has 12 heteroatoms. The van der Waals surface area contributed by atoms with Crippen LogP contribution in [0.1, 0.15) is 0 Å². The number of sulfonamides is 2. The van der Waals surface area contributed by atoms with E-state index in [1.54, 1.807) is 0 Å². The van der Waals surface area contributed by atoms with Gasteiger partial charge < -0.3 is 11.1 Å². The molecule has 19 heavy (non-hydrogen) atoms. The van der Waals surface area contributed by atoms with Crippen LogP contribution in [0.2, 0.25) is 5.02 Å². The van der Waals surface area contributed by atoms with E-state index in [9.17, 15) is 21.6 Å².